The van der Waals surface area contributed by atoms with Crippen LogP contribution in [0.3, 0.4) is 0 Å². The normalized spacial score (nSPS) is 11.9. The van der Waals surface area contributed by atoms with Gasteiger partial charge in [-0.05, 0) is 30.7 Å². The predicted octanol–water partition coefficient (Wildman–Crippen LogP) is 2.33. The smallest absolute Gasteiger partial charge is 0.307 e. The van der Waals surface area contributed by atoms with Gasteiger partial charge in [0, 0.05) is 0 Å². The van der Waals surface area contributed by atoms with Gasteiger partial charge in [-0.1, -0.05) is 6.92 Å². The molecule has 4 heteroatoms. The number of rotatable bonds is 6. The SMILES string of the molecule is CCC(CC(=O)O)Oc1ccc(OC)cc1. The van der Waals surface area contributed by atoms with Crippen molar-refractivity contribution in [3.05, 3.63) is 24.3 Å². The number of carbonyl (C=O) groups is 1. The zero-order chi connectivity index (χ0) is 12.0. The van der Waals surface area contributed by atoms with Crippen LogP contribution in [-0.4, -0.2) is 24.3 Å². The fourth-order valence-electron chi connectivity index (χ4n) is 1.31. The van der Waals surface area contributed by atoms with Crippen LogP contribution in [0.5, 0.6) is 11.5 Å². The van der Waals surface area contributed by atoms with Crippen molar-refractivity contribution in [2.45, 2.75) is 25.9 Å². The van der Waals surface area contributed by atoms with Crippen molar-refractivity contribution in [1.29, 1.82) is 0 Å². The van der Waals surface area contributed by atoms with E-state index in [2.05, 4.69) is 0 Å². The molecule has 1 aromatic rings. The molecule has 0 aliphatic heterocycles. The molecule has 16 heavy (non-hydrogen) atoms. The summed E-state index contributed by atoms with van der Waals surface area (Å²) in [4.78, 5) is 10.6. The van der Waals surface area contributed by atoms with Crippen molar-refractivity contribution in [2.75, 3.05) is 7.11 Å². The molecule has 0 aromatic heterocycles. The Hall–Kier alpha value is -1.71. The van der Waals surface area contributed by atoms with Crippen molar-refractivity contribution >= 4 is 5.97 Å². The second-order valence-electron chi connectivity index (χ2n) is 3.42. The first-order valence-electron chi connectivity index (χ1n) is 5.18. The molecule has 1 aromatic carbocycles. The van der Waals surface area contributed by atoms with Crippen molar-refractivity contribution in [1.82, 2.24) is 0 Å². The van der Waals surface area contributed by atoms with Crippen LogP contribution >= 0.6 is 0 Å². The van der Waals surface area contributed by atoms with Gasteiger partial charge in [0.2, 0.25) is 0 Å². The molecule has 0 aliphatic rings. The maximum Gasteiger partial charge on any atom is 0.307 e. The Morgan fingerprint density at radius 2 is 1.88 bits per heavy atom. The number of benzene rings is 1. The highest BCUT2D eigenvalue weighted by atomic mass is 16.5. The van der Waals surface area contributed by atoms with Gasteiger partial charge in [0.25, 0.3) is 0 Å². The lowest BCUT2D eigenvalue weighted by Crippen LogP contribution is -2.19. The maximum atomic E-state index is 10.6. The lowest BCUT2D eigenvalue weighted by molar-refractivity contribution is -0.138. The van der Waals surface area contributed by atoms with Crippen LogP contribution in [0.4, 0.5) is 0 Å². The van der Waals surface area contributed by atoms with Gasteiger partial charge >= 0.3 is 5.97 Å². The summed E-state index contributed by atoms with van der Waals surface area (Å²) >= 11 is 0. The second-order valence-corrected chi connectivity index (χ2v) is 3.42. The molecule has 0 saturated carbocycles. The summed E-state index contributed by atoms with van der Waals surface area (Å²) in [6, 6.07) is 7.10. The summed E-state index contributed by atoms with van der Waals surface area (Å²) in [5.74, 6) is 0.563. The standard InChI is InChI=1S/C12H16O4/c1-3-9(8-12(13)14)16-11-6-4-10(15-2)5-7-11/h4-7,9H,3,8H2,1-2H3,(H,13,14). The van der Waals surface area contributed by atoms with Gasteiger partial charge in [-0.3, -0.25) is 4.79 Å². The zero-order valence-electron chi connectivity index (χ0n) is 9.47. The summed E-state index contributed by atoms with van der Waals surface area (Å²) in [6.45, 7) is 1.90. The van der Waals surface area contributed by atoms with E-state index in [1.807, 2.05) is 6.92 Å². The quantitative estimate of drug-likeness (QED) is 0.805. The average Bonchev–Trinajstić information content (AvgIpc) is 2.28. The fourth-order valence-corrected chi connectivity index (χ4v) is 1.31. The van der Waals surface area contributed by atoms with Crippen LogP contribution < -0.4 is 9.47 Å². The van der Waals surface area contributed by atoms with Crippen molar-refractivity contribution in [3.63, 3.8) is 0 Å². The van der Waals surface area contributed by atoms with E-state index in [-0.39, 0.29) is 12.5 Å². The largest absolute Gasteiger partial charge is 0.497 e. The van der Waals surface area contributed by atoms with E-state index in [0.29, 0.717) is 12.2 Å². The van der Waals surface area contributed by atoms with Crippen molar-refractivity contribution in [2.24, 2.45) is 0 Å². The van der Waals surface area contributed by atoms with E-state index in [9.17, 15) is 4.79 Å². The lowest BCUT2D eigenvalue weighted by Gasteiger charge is -2.15. The van der Waals surface area contributed by atoms with E-state index >= 15 is 0 Å². The molecule has 0 heterocycles. The first kappa shape index (κ1) is 12.4. The minimum Gasteiger partial charge on any atom is -0.497 e. The molecule has 0 fully saturated rings. The number of ether oxygens (including phenoxy) is 2. The summed E-state index contributed by atoms with van der Waals surface area (Å²) in [5.41, 5.74) is 0. The number of methoxy groups -OCH3 is 1. The summed E-state index contributed by atoms with van der Waals surface area (Å²) < 4.78 is 10.6. The van der Waals surface area contributed by atoms with Gasteiger partial charge in [0.05, 0.1) is 13.5 Å². The third-order valence-electron chi connectivity index (χ3n) is 2.22. The molecular formula is C12H16O4. The third-order valence-corrected chi connectivity index (χ3v) is 2.22. The molecule has 0 spiro atoms. The predicted molar refractivity (Wildman–Crippen MR) is 60.0 cm³/mol. The van der Waals surface area contributed by atoms with E-state index in [1.165, 1.54) is 0 Å². The zero-order valence-corrected chi connectivity index (χ0v) is 9.47. The van der Waals surface area contributed by atoms with Gasteiger partial charge in [-0.2, -0.15) is 0 Å². The average molecular weight is 224 g/mol. The van der Waals surface area contributed by atoms with Gasteiger partial charge in [0.15, 0.2) is 0 Å². The molecule has 0 radical (unpaired) electrons. The van der Waals surface area contributed by atoms with Crippen molar-refractivity contribution < 1.29 is 19.4 Å². The topological polar surface area (TPSA) is 55.8 Å². The van der Waals surface area contributed by atoms with Gasteiger partial charge in [0.1, 0.15) is 17.6 Å². The molecular weight excluding hydrogens is 208 g/mol. The lowest BCUT2D eigenvalue weighted by atomic mass is 10.2. The van der Waals surface area contributed by atoms with Crippen LogP contribution in [0.15, 0.2) is 24.3 Å². The van der Waals surface area contributed by atoms with Crippen LogP contribution in [0.2, 0.25) is 0 Å². The van der Waals surface area contributed by atoms with E-state index in [0.717, 1.165) is 5.75 Å². The van der Waals surface area contributed by atoms with Gasteiger partial charge in [-0.25, -0.2) is 0 Å². The molecule has 0 bridgehead atoms. The molecule has 0 amide bonds. The van der Waals surface area contributed by atoms with E-state index < -0.39 is 5.97 Å². The van der Waals surface area contributed by atoms with Crippen LogP contribution in [-0.2, 0) is 4.79 Å². The van der Waals surface area contributed by atoms with Crippen LogP contribution in [0, 0.1) is 0 Å². The fraction of sp³-hybridized carbons (Fsp3) is 0.417. The van der Waals surface area contributed by atoms with Gasteiger partial charge in [-0.15, -0.1) is 0 Å². The maximum absolute atomic E-state index is 10.6. The molecule has 88 valence electrons. The second kappa shape index (κ2) is 6.00. The monoisotopic (exact) mass is 224 g/mol. The molecule has 1 unspecified atom stereocenters. The number of carboxylic acid groups (broad SMARTS) is 1. The first-order valence-corrected chi connectivity index (χ1v) is 5.18. The Morgan fingerprint density at radius 3 is 2.31 bits per heavy atom. The van der Waals surface area contributed by atoms with Gasteiger partial charge < -0.3 is 14.6 Å². The summed E-state index contributed by atoms with van der Waals surface area (Å²) in [7, 11) is 1.59. The highest BCUT2D eigenvalue weighted by molar-refractivity contribution is 5.67. The molecule has 1 N–H and O–H groups in total. The number of aliphatic carboxylic acids is 1. The number of hydrogen-bond donors (Lipinski definition) is 1. The molecule has 1 rings (SSSR count). The number of carboxylic acids is 1. The van der Waals surface area contributed by atoms with E-state index in [4.69, 9.17) is 14.6 Å². The molecule has 0 saturated heterocycles. The van der Waals surface area contributed by atoms with E-state index in [1.54, 1.807) is 31.4 Å². The highest BCUT2D eigenvalue weighted by Gasteiger charge is 2.12. The van der Waals surface area contributed by atoms with Crippen LogP contribution in [0.25, 0.3) is 0 Å². The minimum atomic E-state index is -0.847. The number of hydrogen-bond acceptors (Lipinski definition) is 3. The summed E-state index contributed by atoms with van der Waals surface area (Å²) in [5, 5.41) is 8.68. The Labute approximate surface area is 94.8 Å². The Bertz CT molecular complexity index is 331. The minimum absolute atomic E-state index is 0.0164. The molecule has 1 atom stereocenters. The Morgan fingerprint density at radius 1 is 1.31 bits per heavy atom. The molecule has 0 aliphatic carbocycles. The Kier molecular flexibility index (Phi) is 4.64. The summed E-state index contributed by atoms with van der Waals surface area (Å²) in [6.07, 6.45) is 0.395. The van der Waals surface area contributed by atoms with Crippen molar-refractivity contribution in [3.8, 4) is 11.5 Å². The van der Waals surface area contributed by atoms with Crippen LogP contribution in [0.1, 0.15) is 19.8 Å². The molecule has 4 nitrogen and oxygen atoms in total. The third kappa shape index (κ3) is 3.81. The Balaban J connectivity index is 2.59. The highest BCUT2D eigenvalue weighted by Crippen LogP contribution is 2.19. The first-order chi connectivity index (χ1) is 7.65.